The summed E-state index contributed by atoms with van der Waals surface area (Å²) >= 11 is 0. The molecule has 2 rings (SSSR count). The maximum absolute atomic E-state index is 10.4. The van der Waals surface area contributed by atoms with Crippen molar-refractivity contribution in [1.82, 2.24) is 0 Å². The average molecular weight is 298 g/mol. The third-order valence-corrected chi connectivity index (χ3v) is 3.55. The molecule has 0 radical (unpaired) electrons. The molecule has 2 aromatic carbocycles. The molecule has 0 atom stereocenters. The first-order valence-electron chi connectivity index (χ1n) is 7.46. The number of rotatable bonds is 8. The topological polar surface area (TPSA) is 35.5 Å². The van der Waals surface area contributed by atoms with E-state index in [0.29, 0.717) is 13.1 Å². The first-order chi connectivity index (χ1) is 10.6. The van der Waals surface area contributed by atoms with Crippen molar-refractivity contribution in [2.24, 2.45) is 0 Å². The van der Waals surface area contributed by atoms with E-state index in [2.05, 4.69) is 12.1 Å². The lowest BCUT2D eigenvalue weighted by Gasteiger charge is -2.22. The van der Waals surface area contributed by atoms with Gasteiger partial charge in [-0.15, -0.1) is 0 Å². The lowest BCUT2D eigenvalue weighted by atomic mass is 9.98. The predicted molar refractivity (Wildman–Crippen MR) is 86.8 cm³/mol. The van der Waals surface area contributed by atoms with Gasteiger partial charge < -0.3 is 9.47 Å². The van der Waals surface area contributed by atoms with Crippen molar-refractivity contribution >= 4 is 6.47 Å². The van der Waals surface area contributed by atoms with Crippen molar-refractivity contribution in [2.75, 3.05) is 0 Å². The zero-order chi connectivity index (χ0) is 15.8. The van der Waals surface area contributed by atoms with Crippen LogP contribution >= 0.6 is 0 Å². The molecule has 0 N–H and O–H groups in total. The lowest BCUT2D eigenvalue weighted by Crippen LogP contribution is -2.24. The van der Waals surface area contributed by atoms with Crippen LogP contribution in [0.1, 0.15) is 31.4 Å². The molecule has 0 aliphatic rings. The van der Waals surface area contributed by atoms with Crippen LogP contribution in [0.25, 0.3) is 0 Å². The molecule has 2 aromatic rings. The average Bonchev–Trinajstić information content (AvgIpc) is 2.53. The van der Waals surface area contributed by atoms with Gasteiger partial charge in [0, 0.05) is 0 Å². The molecular weight excluding hydrogens is 276 g/mol. The number of carbonyl (C=O) groups excluding carboxylic acids is 1. The number of hydrogen-bond acceptors (Lipinski definition) is 3. The molecule has 0 aromatic heterocycles. The van der Waals surface area contributed by atoms with Gasteiger partial charge in [-0.25, -0.2) is 0 Å². The fourth-order valence-electron chi connectivity index (χ4n) is 2.13. The summed E-state index contributed by atoms with van der Waals surface area (Å²) in [5.41, 5.74) is 1.93. The van der Waals surface area contributed by atoms with Crippen LogP contribution in [0.4, 0.5) is 0 Å². The van der Waals surface area contributed by atoms with E-state index in [-0.39, 0.29) is 0 Å². The molecular formula is C19H22O3. The summed E-state index contributed by atoms with van der Waals surface area (Å²) in [5.74, 6) is 0.857. The van der Waals surface area contributed by atoms with Crippen LogP contribution in [0.3, 0.4) is 0 Å². The highest BCUT2D eigenvalue weighted by molar-refractivity contribution is 5.38. The fraction of sp³-hybridized carbons (Fsp3) is 0.316. The molecule has 3 nitrogen and oxygen atoms in total. The number of benzene rings is 2. The fourth-order valence-corrected chi connectivity index (χ4v) is 2.13. The summed E-state index contributed by atoms with van der Waals surface area (Å²) in [5, 5.41) is 0. The van der Waals surface area contributed by atoms with Crippen LogP contribution in [0.5, 0.6) is 5.75 Å². The molecule has 0 aliphatic heterocycles. The highest BCUT2D eigenvalue weighted by Crippen LogP contribution is 2.19. The molecule has 0 saturated carbocycles. The predicted octanol–water partition coefficient (Wildman–Crippen LogP) is 4.15. The minimum Gasteiger partial charge on any atom is -0.489 e. The van der Waals surface area contributed by atoms with Crippen LogP contribution in [0.2, 0.25) is 0 Å². The standard InChI is InChI=1S/C19H22O3/c1-19(2,22-15-20)13-12-16-8-10-18(11-9-16)21-14-17-6-4-3-5-7-17/h3-11,15H,12-14H2,1-2H3. The van der Waals surface area contributed by atoms with Gasteiger partial charge in [0.15, 0.2) is 0 Å². The number of hydrogen-bond donors (Lipinski definition) is 0. The van der Waals surface area contributed by atoms with Crippen LogP contribution in [0.15, 0.2) is 54.6 Å². The van der Waals surface area contributed by atoms with Gasteiger partial charge in [-0.1, -0.05) is 42.5 Å². The number of aryl methyl sites for hydroxylation is 1. The Morgan fingerprint density at radius 2 is 1.64 bits per heavy atom. The molecule has 0 amide bonds. The van der Waals surface area contributed by atoms with Gasteiger partial charge in [0.05, 0.1) is 0 Å². The van der Waals surface area contributed by atoms with Gasteiger partial charge in [-0.2, -0.15) is 0 Å². The largest absolute Gasteiger partial charge is 0.489 e. The summed E-state index contributed by atoms with van der Waals surface area (Å²) in [6.07, 6.45) is 1.65. The monoisotopic (exact) mass is 298 g/mol. The Bertz CT molecular complexity index is 573. The van der Waals surface area contributed by atoms with E-state index < -0.39 is 5.60 Å². The van der Waals surface area contributed by atoms with Gasteiger partial charge in [0.25, 0.3) is 6.47 Å². The Balaban J connectivity index is 1.84. The molecule has 0 heterocycles. The van der Waals surface area contributed by atoms with Crippen molar-refractivity contribution in [3.05, 3.63) is 65.7 Å². The Labute approximate surface area is 131 Å². The van der Waals surface area contributed by atoms with E-state index in [1.807, 2.05) is 56.3 Å². The van der Waals surface area contributed by atoms with E-state index in [0.717, 1.165) is 24.2 Å². The Kier molecular flexibility index (Phi) is 5.59. The van der Waals surface area contributed by atoms with E-state index in [4.69, 9.17) is 9.47 Å². The molecule has 0 unspecified atom stereocenters. The summed E-state index contributed by atoms with van der Waals surface area (Å²) in [6, 6.07) is 18.2. The zero-order valence-electron chi connectivity index (χ0n) is 13.1. The highest BCUT2D eigenvalue weighted by Gasteiger charge is 2.18. The number of carbonyl (C=O) groups is 1. The minimum absolute atomic E-state index is 0.426. The van der Waals surface area contributed by atoms with Crippen LogP contribution < -0.4 is 4.74 Å². The summed E-state index contributed by atoms with van der Waals surface area (Å²) in [4.78, 5) is 10.4. The highest BCUT2D eigenvalue weighted by atomic mass is 16.5. The lowest BCUT2D eigenvalue weighted by molar-refractivity contribution is -0.140. The molecule has 116 valence electrons. The minimum atomic E-state index is -0.426. The van der Waals surface area contributed by atoms with E-state index in [1.165, 1.54) is 5.56 Å². The van der Waals surface area contributed by atoms with Crippen molar-refractivity contribution in [2.45, 2.75) is 38.9 Å². The van der Waals surface area contributed by atoms with Crippen molar-refractivity contribution in [1.29, 1.82) is 0 Å². The van der Waals surface area contributed by atoms with Crippen molar-refractivity contribution in [3.8, 4) is 5.75 Å². The molecule has 0 fully saturated rings. The molecule has 3 heteroatoms. The number of ether oxygens (including phenoxy) is 2. The molecule has 0 saturated heterocycles. The second-order valence-electron chi connectivity index (χ2n) is 5.89. The van der Waals surface area contributed by atoms with Crippen LogP contribution in [0, 0.1) is 0 Å². The van der Waals surface area contributed by atoms with Crippen molar-refractivity contribution < 1.29 is 14.3 Å². The third kappa shape index (κ3) is 5.24. The van der Waals surface area contributed by atoms with Gasteiger partial charge in [0.1, 0.15) is 18.0 Å². The SMILES string of the molecule is CC(C)(CCc1ccc(OCc2ccccc2)cc1)OC=O. The quantitative estimate of drug-likeness (QED) is 0.687. The van der Waals surface area contributed by atoms with Crippen LogP contribution in [-0.4, -0.2) is 12.1 Å². The summed E-state index contributed by atoms with van der Waals surface area (Å²) in [7, 11) is 0. The van der Waals surface area contributed by atoms with Crippen molar-refractivity contribution in [3.63, 3.8) is 0 Å². The van der Waals surface area contributed by atoms with Gasteiger partial charge in [-0.05, 0) is 49.9 Å². The van der Waals surface area contributed by atoms with Gasteiger partial charge in [0.2, 0.25) is 0 Å². The first-order valence-corrected chi connectivity index (χ1v) is 7.46. The van der Waals surface area contributed by atoms with E-state index in [1.54, 1.807) is 0 Å². The van der Waals surface area contributed by atoms with E-state index >= 15 is 0 Å². The van der Waals surface area contributed by atoms with Gasteiger partial charge in [-0.3, -0.25) is 4.79 Å². The molecule has 0 aliphatic carbocycles. The Morgan fingerprint density at radius 1 is 0.955 bits per heavy atom. The van der Waals surface area contributed by atoms with Gasteiger partial charge >= 0.3 is 0 Å². The second-order valence-corrected chi connectivity index (χ2v) is 5.89. The summed E-state index contributed by atoms with van der Waals surface area (Å²) in [6.45, 7) is 4.92. The smallest absolute Gasteiger partial charge is 0.293 e. The Hall–Kier alpha value is -2.29. The third-order valence-electron chi connectivity index (χ3n) is 3.55. The second kappa shape index (κ2) is 7.64. The van der Waals surface area contributed by atoms with Crippen LogP contribution in [-0.2, 0) is 22.6 Å². The maximum Gasteiger partial charge on any atom is 0.293 e. The molecule has 0 spiro atoms. The molecule has 22 heavy (non-hydrogen) atoms. The normalized spacial score (nSPS) is 11.0. The Morgan fingerprint density at radius 3 is 2.27 bits per heavy atom. The molecule has 0 bridgehead atoms. The maximum atomic E-state index is 10.4. The summed E-state index contributed by atoms with van der Waals surface area (Å²) < 4.78 is 10.8. The van der Waals surface area contributed by atoms with E-state index in [9.17, 15) is 4.79 Å². The first kappa shape index (κ1) is 16.1. The zero-order valence-corrected chi connectivity index (χ0v) is 13.1.